The van der Waals surface area contributed by atoms with Gasteiger partial charge < -0.3 is 66.2 Å². The minimum Gasteiger partial charge on any atom is -0.494 e. The number of aryl methyl sites for hydroxylation is 4. The molecule has 2 unspecified atom stereocenters. The molecule has 2 aliphatic carbocycles. The standard InChI is InChI=1S/2C21H22N10O2.C18H23N9O3S.C18H23N9O2S/c1-23-20(24-10-22)17-15(9-16(28-29-17)27-21(32)12-7-8-12)26-14-6-4-5-13(18(14)33-3)19-25-11-31(2)30-19;1-23-21(32)17-15(9-16(28-29-17)27-19(24-10-22)12-7-8-12)26-14-6-4-5-13(18(14)33-3)20-25-11-31(2)30-20;1-19-18(28)15-13(9-14(23-24-15)26-31(5,29)20-2)22-12-8-6-7-11(16(12)30-4)17-21-10-27(3)25-17;1-20-18(28)15-13(9-14(23-24-15)26-30(4,5)19)22-12-8-6-7-11(16(12)29-3)17-21-10-27(2)25-17/h4-6,9,11-12H,7-8H2,1-3H3,(H,23,24)(H2,26,27,28,32);4-6,9,11-12H,7-8H2,1-3H3,(H,23,32)(H2,24,26,27,28);6-10H,1-5H3,(H,19,28)(H2,20,22,23,26,29);6-10H,4H2,1-3,5H3,(H,20,28)(H3,19,22,23,26)/i4*1D3. The first-order valence-corrected chi connectivity index (χ1v) is 41.3. The molecule has 0 spiro atoms. The van der Waals surface area contributed by atoms with Crippen LogP contribution in [0, 0.1) is 39.5 Å². The van der Waals surface area contributed by atoms with Gasteiger partial charge in [-0.15, -0.1) is 40.8 Å². The Bertz CT molecular complexity index is 6980. The lowest BCUT2D eigenvalue weighted by molar-refractivity contribution is -0.117. The number of hydrogen-bond acceptors (Lipinski definition) is 35. The number of rotatable bonds is 28. The van der Waals surface area contributed by atoms with Gasteiger partial charge in [-0.2, -0.15) is 30.9 Å². The Kier molecular flexibility index (Phi) is 24.6. The lowest BCUT2D eigenvalue weighted by Gasteiger charge is -2.16. The second-order valence-electron chi connectivity index (χ2n) is 27.1. The van der Waals surface area contributed by atoms with Gasteiger partial charge in [0.25, 0.3) is 17.7 Å². The van der Waals surface area contributed by atoms with Gasteiger partial charge in [-0.25, -0.2) is 33.5 Å². The first-order valence-electron chi connectivity index (χ1n) is 43.1. The molecule has 47 nitrogen and oxygen atoms in total. The number of amides is 4. The largest absolute Gasteiger partial charge is 0.494 e. The molecule has 658 valence electrons. The summed E-state index contributed by atoms with van der Waals surface area (Å²) in [5, 5.41) is 92.3. The molecular formula is C78H90N38O9S2. The summed E-state index contributed by atoms with van der Waals surface area (Å²) < 4.78 is 147. The van der Waals surface area contributed by atoms with E-state index in [1.54, 1.807) is 146 Å². The molecule has 0 bridgehead atoms. The Morgan fingerprint density at radius 3 is 1.19 bits per heavy atom. The maximum atomic E-state index is 12.7. The number of benzene rings is 4. The zero-order chi connectivity index (χ0) is 101. The summed E-state index contributed by atoms with van der Waals surface area (Å²) in [7, 11) is 9.21. The summed E-state index contributed by atoms with van der Waals surface area (Å²) in [6, 6.07) is 26.6. The number of amidine groups is 2. The normalized spacial score (nSPS) is 14.7. The number of methoxy groups -OCH3 is 4. The predicted octanol–water partition coefficient (Wildman–Crippen LogP) is 6.84. The molecule has 8 heterocycles. The van der Waals surface area contributed by atoms with Crippen LogP contribution >= 0.6 is 0 Å². The third-order valence-corrected chi connectivity index (χ3v) is 19.5. The Labute approximate surface area is 745 Å². The number of para-hydroxylation sites is 4. The van der Waals surface area contributed by atoms with Crippen molar-refractivity contribution in [2.75, 3.05) is 112 Å². The van der Waals surface area contributed by atoms with E-state index >= 15 is 0 Å². The molecule has 2 fully saturated rings. The van der Waals surface area contributed by atoms with Crippen LogP contribution in [0.3, 0.4) is 0 Å². The quantitative estimate of drug-likeness (QED) is 0.00784. The highest BCUT2D eigenvalue weighted by Crippen LogP contribution is 2.43. The van der Waals surface area contributed by atoms with Crippen LogP contribution in [-0.4, -0.2) is 221 Å². The Balaban J connectivity index is 0.000000178. The second kappa shape index (κ2) is 41.4. The molecule has 12 aromatic rings. The number of carbonyl (C=O) groups excluding carboxylic acids is 4. The van der Waals surface area contributed by atoms with Crippen LogP contribution in [0.4, 0.5) is 68.8 Å². The molecule has 4 aromatic carbocycles. The number of aliphatic imine (C=N–C) groups is 2. The van der Waals surface area contributed by atoms with E-state index in [-0.39, 0.29) is 92.4 Å². The molecule has 0 aliphatic heterocycles. The molecule has 13 N–H and O–H groups in total. The smallest absolute Gasteiger partial charge is 0.273 e. The van der Waals surface area contributed by atoms with Crippen LogP contribution in [0.2, 0.25) is 0 Å². The molecule has 8 aromatic heterocycles. The molecule has 2 atom stereocenters. The minimum absolute atomic E-state index is 0.0487. The number of carbonyl (C=O) groups is 4. The van der Waals surface area contributed by atoms with E-state index in [1.165, 1.54) is 77.0 Å². The van der Waals surface area contributed by atoms with Gasteiger partial charge in [0, 0.05) is 128 Å². The van der Waals surface area contributed by atoms with Gasteiger partial charge in [-0.3, -0.25) is 63.0 Å². The fourth-order valence-corrected chi connectivity index (χ4v) is 12.7. The summed E-state index contributed by atoms with van der Waals surface area (Å²) >= 11 is 0. The van der Waals surface area contributed by atoms with Crippen molar-refractivity contribution in [2.24, 2.45) is 54.4 Å². The van der Waals surface area contributed by atoms with Crippen LogP contribution in [0.25, 0.3) is 45.6 Å². The number of anilines is 11. The zero-order valence-electron chi connectivity index (χ0n) is 81.4. The lowest BCUT2D eigenvalue weighted by Crippen LogP contribution is -2.23. The highest BCUT2D eigenvalue weighted by Gasteiger charge is 2.32. The van der Waals surface area contributed by atoms with Crippen molar-refractivity contribution in [1.29, 1.82) is 15.3 Å². The van der Waals surface area contributed by atoms with Crippen LogP contribution < -0.4 is 81.6 Å². The molecular weight excluding hydrogens is 1680 g/mol. The number of hydrogen-bond donors (Lipinski definition) is 13. The topological polar surface area (TPSA) is 601 Å². The summed E-state index contributed by atoms with van der Waals surface area (Å²) in [5.41, 5.74) is 3.78. The molecule has 4 amide bonds. The Morgan fingerprint density at radius 1 is 0.496 bits per heavy atom. The van der Waals surface area contributed by atoms with Crippen molar-refractivity contribution in [2.45, 2.75) is 25.7 Å². The highest BCUT2D eigenvalue weighted by atomic mass is 32.2. The number of aromatic nitrogens is 20. The fraction of sp³-hybridized carbons (Fsp3) is 0.269. The van der Waals surface area contributed by atoms with Crippen molar-refractivity contribution in [3.63, 3.8) is 0 Å². The summed E-state index contributed by atoms with van der Waals surface area (Å²) in [6.07, 6.45) is 16.0. The molecule has 0 saturated heterocycles. The maximum absolute atomic E-state index is 12.7. The Morgan fingerprint density at radius 2 is 0.850 bits per heavy atom. The summed E-state index contributed by atoms with van der Waals surface area (Å²) in [6.45, 7) is -10.9. The number of nitrogens with zero attached hydrogens (tertiary/aromatic N) is 25. The first kappa shape index (κ1) is 75.5. The monoisotopic (exact) mass is 1780 g/mol. The highest BCUT2D eigenvalue weighted by molar-refractivity contribution is 8.01. The molecule has 14 rings (SSSR count). The predicted molar refractivity (Wildman–Crippen MR) is 477 cm³/mol. The molecule has 127 heavy (non-hydrogen) atoms. The van der Waals surface area contributed by atoms with Crippen molar-refractivity contribution in [3.05, 3.63) is 145 Å². The minimum atomic E-state index is -2.82. The number of nitriles is 2. The third kappa shape index (κ3) is 23.4. The van der Waals surface area contributed by atoms with E-state index in [1.807, 2.05) is 22.1 Å². The molecule has 49 heteroatoms. The average molecular weight is 1780 g/mol. The van der Waals surface area contributed by atoms with Crippen LogP contribution in [0.1, 0.15) is 79.3 Å². The third-order valence-electron chi connectivity index (χ3n) is 17.5. The van der Waals surface area contributed by atoms with Gasteiger partial charge in [0.2, 0.25) is 5.91 Å². The molecule has 2 saturated carbocycles. The van der Waals surface area contributed by atoms with Gasteiger partial charge in [0.1, 0.15) is 41.1 Å². The lowest BCUT2D eigenvalue weighted by atomic mass is 10.1. The van der Waals surface area contributed by atoms with Gasteiger partial charge in [0.05, 0.1) is 96.2 Å². The van der Waals surface area contributed by atoms with Gasteiger partial charge in [0.15, 0.2) is 111 Å². The van der Waals surface area contributed by atoms with Crippen LogP contribution in [0.5, 0.6) is 23.0 Å². The van der Waals surface area contributed by atoms with Gasteiger partial charge in [-0.05, 0) is 80.1 Å². The van der Waals surface area contributed by atoms with E-state index in [0.29, 0.717) is 97.1 Å². The number of ether oxygens (including phenoxy) is 4. The molecule has 2 aliphatic rings. The van der Waals surface area contributed by atoms with Crippen molar-refractivity contribution >= 4 is 129 Å². The average Bonchev–Trinajstić information content (AvgIpc) is 1.59. The van der Waals surface area contributed by atoms with E-state index in [4.69, 9.17) is 45.4 Å². The Hall–Kier alpha value is -16.5. The fourth-order valence-electron chi connectivity index (χ4n) is 11.6. The van der Waals surface area contributed by atoms with Gasteiger partial charge in [-0.1, -0.05) is 33.9 Å². The van der Waals surface area contributed by atoms with E-state index in [9.17, 15) is 28.6 Å². The maximum Gasteiger partial charge on any atom is 0.273 e. The van der Waals surface area contributed by atoms with Crippen LogP contribution in [-0.2, 0) is 52.5 Å². The summed E-state index contributed by atoms with van der Waals surface area (Å²) in [5.74, 6) is 4.54. The van der Waals surface area contributed by atoms with E-state index < -0.39 is 65.1 Å². The van der Waals surface area contributed by atoms with Crippen LogP contribution in [0.15, 0.2) is 137 Å². The van der Waals surface area contributed by atoms with E-state index in [2.05, 4.69) is 148 Å². The van der Waals surface area contributed by atoms with Gasteiger partial charge >= 0.3 is 0 Å². The number of nitrogens with one attached hydrogen (secondary N) is 13. The second-order valence-corrected chi connectivity index (χ2v) is 31.6. The SMILES string of the molecule is [2H]C([2H])([2H])N=C(NC#N)c1nnc(NC(=O)C2CC2)cc1Nc1cccc(-c2ncn(C)n2)c1OC.[2H]C([2H])([2H])NC(=O)c1nnc(N=C(NC#N)C2CC2)cc1Nc1cccc(-c2ncn(C)n2)c1OC.[2H]C([2H])([2H])NC(=O)c1nnc(NS(=C)(C)=N)cc1Nc1cccc(-c2ncn(C)n2)c1OC.[2H]C([2H])([2H])NC(=O)c1nnc(NS(C)(=O)=NC)cc1Nc1cccc(-c2ncn(C)n2)c1OC. The van der Waals surface area contributed by atoms with E-state index in [0.717, 1.165) is 25.7 Å². The molecule has 0 radical (unpaired) electrons. The summed E-state index contributed by atoms with van der Waals surface area (Å²) in [4.78, 5) is 75.2. The van der Waals surface area contributed by atoms with Crippen molar-refractivity contribution < 1.29 is 58.8 Å². The van der Waals surface area contributed by atoms with Crippen molar-refractivity contribution in [3.8, 4) is 80.9 Å². The zero-order valence-corrected chi connectivity index (χ0v) is 71.0. The van der Waals surface area contributed by atoms with Crippen molar-refractivity contribution in [1.82, 2.24) is 126 Å². The first-order chi connectivity index (χ1) is 65.6.